The predicted octanol–water partition coefficient (Wildman–Crippen LogP) is 2.83. The Balaban J connectivity index is 3.45. The molecule has 0 aromatic heterocycles. The Morgan fingerprint density at radius 1 is 0.857 bits per heavy atom. The zero-order chi connectivity index (χ0) is 10.8. The van der Waals surface area contributed by atoms with Gasteiger partial charge in [-0.25, -0.2) is 0 Å². The van der Waals surface area contributed by atoms with Gasteiger partial charge < -0.3 is 0 Å². The van der Waals surface area contributed by atoms with Crippen molar-refractivity contribution in [2.24, 2.45) is 0 Å². The van der Waals surface area contributed by atoms with E-state index in [2.05, 4.69) is 6.92 Å². The minimum atomic E-state index is -2.21. The molecule has 14 heavy (non-hydrogen) atoms. The summed E-state index contributed by atoms with van der Waals surface area (Å²) >= 11 is -4.42. The van der Waals surface area contributed by atoms with Crippen molar-refractivity contribution in [3.05, 3.63) is 0 Å². The Bertz CT molecular complexity index is 183. The van der Waals surface area contributed by atoms with Crippen LogP contribution in [0.3, 0.4) is 0 Å². The van der Waals surface area contributed by atoms with Gasteiger partial charge in [0.1, 0.15) is 0 Å². The van der Waals surface area contributed by atoms with E-state index in [0.29, 0.717) is 10.6 Å². The first-order chi connectivity index (χ1) is 6.70. The molecule has 0 bridgehead atoms. The van der Waals surface area contributed by atoms with E-state index in [-0.39, 0.29) is 0 Å². The average Bonchev–Trinajstić information content (AvgIpc) is 2.15. The van der Waals surface area contributed by atoms with Gasteiger partial charge in [-0.15, -0.1) is 0 Å². The summed E-state index contributed by atoms with van der Waals surface area (Å²) < 4.78 is 27.6. The second-order valence-corrected chi connectivity index (χ2v) is 9.18. The van der Waals surface area contributed by atoms with Crippen LogP contribution in [0.4, 0.5) is 0 Å². The molecule has 0 rings (SSSR count). The van der Waals surface area contributed by atoms with Crippen LogP contribution < -0.4 is 0 Å². The monoisotopic (exact) mass is 336 g/mol. The van der Waals surface area contributed by atoms with Gasteiger partial charge in [-0.2, -0.15) is 0 Å². The number of hydrogen-bond donors (Lipinski definition) is 0. The van der Waals surface area contributed by atoms with Crippen molar-refractivity contribution >= 4 is 28.3 Å². The maximum absolute atomic E-state index is 11.3. The van der Waals surface area contributed by atoms with Gasteiger partial charge >= 0.3 is 95.5 Å². The van der Waals surface area contributed by atoms with Crippen LogP contribution in [0.1, 0.15) is 46.0 Å². The number of rotatable bonds is 9. The topological polar surface area (TPSA) is 43.4 Å². The molecule has 0 N–H and O–H groups in total. The van der Waals surface area contributed by atoms with E-state index in [1.807, 2.05) is 6.92 Å². The van der Waals surface area contributed by atoms with E-state index in [4.69, 9.17) is 2.90 Å². The second kappa shape index (κ2) is 10.1. The van der Waals surface area contributed by atoms with E-state index in [1.165, 1.54) is 0 Å². The molecule has 0 radical (unpaired) electrons. The Labute approximate surface area is 95.4 Å². The summed E-state index contributed by atoms with van der Waals surface area (Å²) in [5, 5.41) is 1.24. The number of hydrogen-bond acceptors (Lipinski definition) is 3. The molecule has 0 aliphatic heterocycles. The van der Waals surface area contributed by atoms with Crippen LogP contribution >= 0.6 is 0 Å². The molecule has 2 atom stereocenters. The maximum atomic E-state index is 11.3. The Hall–Kier alpha value is 0.599. The van der Waals surface area contributed by atoms with Crippen molar-refractivity contribution in [1.29, 1.82) is 0 Å². The quantitative estimate of drug-likeness (QED) is 0.481. The molecule has 0 aliphatic carbocycles. The minimum absolute atomic E-state index is 0.618. The van der Waals surface area contributed by atoms with Gasteiger partial charge in [0, 0.05) is 0 Å². The summed E-state index contributed by atoms with van der Waals surface area (Å²) in [6.07, 6.45) is 5.08. The van der Waals surface area contributed by atoms with Gasteiger partial charge in [-0.1, -0.05) is 0 Å². The number of unbranched alkanes of at least 4 members (excludes halogenated alkanes) is 3. The summed E-state index contributed by atoms with van der Waals surface area (Å²) in [6.45, 7) is 4.15. The fourth-order valence-corrected chi connectivity index (χ4v) is 6.88. The molecule has 2 unspecified atom stereocenters. The molecule has 0 saturated carbocycles. The SMILES string of the molecule is CCCCC[Se](=O)O[Se](=O)CCCC. The van der Waals surface area contributed by atoms with E-state index in [9.17, 15) is 7.67 Å². The molecular formula is C9H20O3Se2. The van der Waals surface area contributed by atoms with Crippen molar-refractivity contribution in [3.8, 4) is 0 Å². The molecular weight excluding hydrogens is 314 g/mol. The zero-order valence-electron chi connectivity index (χ0n) is 8.99. The fourth-order valence-electron chi connectivity index (χ4n) is 0.885. The van der Waals surface area contributed by atoms with Crippen LogP contribution in [0.2, 0.25) is 10.6 Å². The normalized spacial score (nSPS) is 15.3. The Kier molecular flexibility index (Phi) is 10.6. The van der Waals surface area contributed by atoms with Gasteiger partial charge in [0.15, 0.2) is 0 Å². The first-order valence-electron chi connectivity index (χ1n) is 5.16. The van der Waals surface area contributed by atoms with Crippen LogP contribution in [0, 0.1) is 0 Å². The van der Waals surface area contributed by atoms with Crippen LogP contribution in [0.15, 0.2) is 0 Å². The molecule has 86 valence electrons. The molecule has 0 fully saturated rings. The van der Waals surface area contributed by atoms with Gasteiger partial charge in [-0.05, 0) is 0 Å². The Morgan fingerprint density at radius 2 is 1.36 bits per heavy atom. The van der Waals surface area contributed by atoms with Crippen LogP contribution in [-0.2, 0) is 10.6 Å². The average molecular weight is 334 g/mol. The third kappa shape index (κ3) is 9.17. The molecule has 0 heterocycles. The van der Waals surface area contributed by atoms with Gasteiger partial charge in [0.05, 0.1) is 0 Å². The van der Waals surface area contributed by atoms with Crippen LogP contribution in [-0.4, -0.2) is 28.3 Å². The van der Waals surface area contributed by atoms with Crippen molar-refractivity contribution in [1.82, 2.24) is 0 Å². The summed E-state index contributed by atoms with van der Waals surface area (Å²) in [7, 11) is 0. The molecule has 0 saturated heterocycles. The zero-order valence-corrected chi connectivity index (χ0v) is 12.4. The predicted molar refractivity (Wildman–Crippen MR) is 58.0 cm³/mol. The van der Waals surface area contributed by atoms with E-state index >= 15 is 0 Å². The van der Waals surface area contributed by atoms with Gasteiger partial charge in [-0.3, -0.25) is 0 Å². The first kappa shape index (κ1) is 14.6. The van der Waals surface area contributed by atoms with E-state index in [1.54, 1.807) is 0 Å². The molecule has 0 aromatic rings. The summed E-state index contributed by atoms with van der Waals surface area (Å²) in [5.41, 5.74) is 0. The second-order valence-electron chi connectivity index (χ2n) is 3.14. The first-order valence-corrected chi connectivity index (χ1v) is 10.4. The molecule has 3 nitrogen and oxygen atoms in total. The van der Waals surface area contributed by atoms with Gasteiger partial charge in [0.2, 0.25) is 0 Å². The molecule has 0 aliphatic rings. The molecule has 0 amide bonds. The van der Waals surface area contributed by atoms with Crippen molar-refractivity contribution < 1.29 is 10.6 Å². The van der Waals surface area contributed by atoms with E-state index < -0.39 is 28.3 Å². The molecule has 0 spiro atoms. The van der Waals surface area contributed by atoms with Crippen molar-refractivity contribution in [2.45, 2.75) is 56.6 Å². The third-order valence-corrected chi connectivity index (χ3v) is 8.29. The summed E-state index contributed by atoms with van der Waals surface area (Å²) in [4.78, 5) is 0. The van der Waals surface area contributed by atoms with Crippen molar-refractivity contribution in [3.63, 3.8) is 0 Å². The van der Waals surface area contributed by atoms with Crippen LogP contribution in [0.25, 0.3) is 0 Å². The van der Waals surface area contributed by atoms with Crippen molar-refractivity contribution in [2.75, 3.05) is 0 Å². The fraction of sp³-hybridized carbons (Fsp3) is 1.00. The summed E-state index contributed by atoms with van der Waals surface area (Å²) in [5.74, 6) is 0. The molecule has 0 aromatic carbocycles. The van der Waals surface area contributed by atoms with Gasteiger partial charge in [0.25, 0.3) is 0 Å². The summed E-state index contributed by atoms with van der Waals surface area (Å²) in [6, 6.07) is 0. The van der Waals surface area contributed by atoms with E-state index in [0.717, 1.165) is 32.1 Å². The molecule has 5 heteroatoms. The van der Waals surface area contributed by atoms with Crippen LogP contribution in [0.5, 0.6) is 0 Å². The third-order valence-electron chi connectivity index (χ3n) is 1.73. The standard InChI is InChI=1S/C9H20O3Se2/c1-3-5-7-9-14(11)12-13(10)8-6-4-2/h3-9H2,1-2H3. The Morgan fingerprint density at radius 3 is 1.86 bits per heavy atom.